The van der Waals surface area contributed by atoms with Crippen LogP contribution in [0.15, 0.2) is 12.2 Å². The number of nitrogens with zero attached hydrogens (tertiary/aromatic N) is 2. The van der Waals surface area contributed by atoms with Crippen molar-refractivity contribution < 1.29 is 49.2 Å². The van der Waals surface area contributed by atoms with Crippen LogP contribution in [0, 0.1) is 0 Å². The molecule has 0 N–H and O–H groups in total. The van der Waals surface area contributed by atoms with Crippen molar-refractivity contribution in [3.8, 4) is 0 Å². The fourth-order valence-electron chi connectivity index (χ4n) is 1.40. The third kappa shape index (κ3) is 8.76. The molecule has 0 aliphatic heterocycles. The Balaban J connectivity index is 5.07. The second kappa shape index (κ2) is 9.55. The van der Waals surface area contributed by atoms with Gasteiger partial charge in [0.05, 0.1) is 50.1 Å². The van der Waals surface area contributed by atoms with E-state index < -0.39 is 61.9 Å². The molecule has 0 aromatic heterocycles. The molecule has 0 saturated heterocycles. The Morgan fingerprint density at radius 1 is 0.542 bits per heavy atom. The highest BCUT2D eigenvalue weighted by molar-refractivity contribution is 5.99. The first-order valence-electron chi connectivity index (χ1n) is 6.08. The molecule has 0 saturated carbocycles. The first-order chi connectivity index (χ1) is 11.0. The van der Waals surface area contributed by atoms with Gasteiger partial charge >= 0.3 is 0 Å². The summed E-state index contributed by atoms with van der Waals surface area (Å²) in [5, 5.41) is 41.7. The number of carbonyl (C=O) groups is 6. The zero-order valence-corrected chi connectivity index (χ0v) is 12.0. The van der Waals surface area contributed by atoms with Crippen molar-refractivity contribution in [1.82, 2.24) is 9.80 Å². The van der Waals surface area contributed by atoms with Gasteiger partial charge in [0, 0.05) is 12.2 Å². The normalized spacial score (nSPS) is 10.2. The summed E-state index contributed by atoms with van der Waals surface area (Å²) in [4.78, 5) is 65.4. The molecule has 0 aliphatic carbocycles. The molecule has 24 heavy (non-hydrogen) atoms. The highest BCUT2D eigenvalue weighted by Crippen LogP contribution is 1.95. The number of carboxylic acids is 4. The first kappa shape index (κ1) is 20.6. The van der Waals surface area contributed by atoms with Crippen LogP contribution in [0.2, 0.25) is 0 Å². The summed E-state index contributed by atoms with van der Waals surface area (Å²) in [5.41, 5.74) is 0. The highest BCUT2D eigenvalue weighted by atomic mass is 16.4. The highest BCUT2D eigenvalue weighted by Gasteiger charge is 2.14. The van der Waals surface area contributed by atoms with Crippen LogP contribution in [0.1, 0.15) is 0 Å². The summed E-state index contributed by atoms with van der Waals surface area (Å²) in [6.45, 7) is -4.42. The van der Waals surface area contributed by atoms with E-state index in [1.807, 2.05) is 0 Å². The Morgan fingerprint density at radius 2 is 0.750 bits per heavy atom. The largest absolute Gasteiger partial charge is 0.548 e. The maximum absolute atomic E-state index is 11.6. The van der Waals surface area contributed by atoms with E-state index in [1.165, 1.54) is 0 Å². The van der Waals surface area contributed by atoms with Gasteiger partial charge in [-0.1, -0.05) is 0 Å². The number of rotatable bonds is 10. The Kier molecular flexibility index (Phi) is 8.18. The van der Waals surface area contributed by atoms with Crippen LogP contribution in [-0.4, -0.2) is 71.7 Å². The minimum atomic E-state index is -1.78. The van der Waals surface area contributed by atoms with Crippen LogP contribution in [0.4, 0.5) is 0 Å². The van der Waals surface area contributed by atoms with E-state index in [-0.39, 0.29) is 9.80 Å². The van der Waals surface area contributed by atoms with Crippen molar-refractivity contribution in [3.05, 3.63) is 12.2 Å². The standard InChI is InChI=1S/C12H14N2O10/c15-7(13(3-9(17)18)4-10(19)20)1-2-8(16)14(5-11(21)22)6-12(23)24/h1-2H,3-6H2,(H,17,18)(H,19,20)(H,21,22)(H,23,24)/p-4/b2-1+. The third-order valence-electron chi connectivity index (χ3n) is 2.27. The second-order valence-corrected chi connectivity index (χ2v) is 4.21. The fraction of sp³-hybridized carbons (Fsp3) is 0.333. The molecule has 2 amide bonds. The predicted molar refractivity (Wildman–Crippen MR) is 62.3 cm³/mol. The summed E-state index contributed by atoms with van der Waals surface area (Å²) >= 11 is 0. The lowest BCUT2D eigenvalue weighted by Gasteiger charge is -2.23. The molecule has 0 rings (SSSR count). The third-order valence-corrected chi connectivity index (χ3v) is 2.27. The summed E-state index contributed by atoms with van der Waals surface area (Å²) in [7, 11) is 0. The minimum Gasteiger partial charge on any atom is -0.548 e. The van der Waals surface area contributed by atoms with Crippen LogP contribution in [0.5, 0.6) is 0 Å². The van der Waals surface area contributed by atoms with Gasteiger partial charge in [0.25, 0.3) is 0 Å². The zero-order valence-electron chi connectivity index (χ0n) is 12.0. The summed E-state index contributed by atoms with van der Waals surface area (Å²) in [5.74, 6) is -9.59. The molecule has 0 heterocycles. The molecular formula is C12H10N2O10-4. The van der Waals surface area contributed by atoms with Gasteiger partial charge in [0.2, 0.25) is 11.8 Å². The first-order valence-corrected chi connectivity index (χ1v) is 6.08. The van der Waals surface area contributed by atoms with Crippen LogP contribution in [-0.2, 0) is 28.8 Å². The molecule has 0 bridgehead atoms. The Labute approximate surface area is 134 Å². The van der Waals surface area contributed by atoms with Crippen LogP contribution >= 0.6 is 0 Å². The van der Waals surface area contributed by atoms with Gasteiger partial charge in [-0.05, 0) is 0 Å². The lowest BCUT2D eigenvalue weighted by molar-refractivity contribution is -0.312. The lowest BCUT2D eigenvalue weighted by atomic mass is 10.3. The summed E-state index contributed by atoms with van der Waals surface area (Å²) in [6, 6.07) is 0. The van der Waals surface area contributed by atoms with Crippen LogP contribution in [0.3, 0.4) is 0 Å². The summed E-state index contributed by atoms with van der Waals surface area (Å²) < 4.78 is 0. The Bertz CT molecular complexity index is 500. The van der Waals surface area contributed by atoms with Crippen molar-refractivity contribution in [2.75, 3.05) is 26.2 Å². The number of carboxylic acid groups (broad SMARTS) is 4. The van der Waals surface area contributed by atoms with Gasteiger partial charge in [-0.25, -0.2) is 0 Å². The second-order valence-electron chi connectivity index (χ2n) is 4.21. The van der Waals surface area contributed by atoms with Gasteiger partial charge in [-0.2, -0.15) is 0 Å². The maximum atomic E-state index is 11.6. The molecule has 0 aromatic carbocycles. The number of hydrogen-bond acceptors (Lipinski definition) is 10. The topological polar surface area (TPSA) is 201 Å². The zero-order chi connectivity index (χ0) is 18.9. The fourth-order valence-corrected chi connectivity index (χ4v) is 1.40. The van der Waals surface area contributed by atoms with Crippen molar-refractivity contribution in [2.45, 2.75) is 0 Å². The number of hydrogen-bond donors (Lipinski definition) is 0. The van der Waals surface area contributed by atoms with E-state index in [2.05, 4.69) is 0 Å². The quantitative estimate of drug-likeness (QED) is 0.343. The van der Waals surface area contributed by atoms with Gasteiger partial charge < -0.3 is 49.4 Å². The van der Waals surface area contributed by atoms with E-state index in [9.17, 15) is 49.2 Å². The van der Waals surface area contributed by atoms with Crippen LogP contribution in [0.25, 0.3) is 0 Å². The number of carbonyl (C=O) groups excluding carboxylic acids is 6. The molecule has 0 radical (unpaired) electrons. The summed E-state index contributed by atoms with van der Waals surface area (Å²) in [6.07, 6.45) is 0.873. The monoisotopic (exact) mass is 342 g/mol. The SMILES string of the molecule is O=C([O-])CN(CC(=O)[O-])C(=O)/C=C/C(=O)N(CC(=O)[O-])CC(=O)[O-]. The molecule has 0 aromatic rings. The molecule has 0 unspecified atom stereocenters. The van der Waals surface area contributed by atoms with Gasteiger partial charge in [0.15, 0.2) is 0 Å². The van der Waals surface area contributed by atoms with Gasteiger partial charge in [-0.15, -0.1) is 0 Å². The van der Waals surface area contributed by atoms with E-state index >= 15 is 0 Å². The van der Waals surface area contributed by atoms with Crippen molar-refractivity contribution in [2.24, 2.45) is 0 Å². The number of amides is 2. The molecular weight excluding hydrogens is 332 g/mol. The molecule has 132 valence electrons. The smallest absolute Gasteiger partial charge is 0.247 e. The Morgan fingerprint density at radius 3 is 0.917 bits per heavy atom. The molecule has 0 aliphatic rings. The van der Waals surface area contributed by atoms with Crippen molar-refractivity contribution >= 4 is 35.7 Å². The van der Waals surface area contributed by atoms with Gasteiger partial charge in [0.1, 0.15) is 0 Å². The molecule has 0 atom stereocenters. The predicted octanol–water partition coefficient (Wildman–Crippen LogP) is -7.80. The lowest BCUT2D eigenvalue weighted by Crippen LogP contribution is -2.47. The average Bonchev–Trinajstić information content (AvgIpc) is 2.40. The maximum Gasteiger partial charge on any atom is 0.247 e. The average molecular weight is 342 g/mol. The minimum absolute atomic E-state index is 0.260. The van der Waals surface area contributed by atoms with Crippen molar-refractivity contribution in [3.63, 3.8) is 0 Å². The number of aliphatic carboxylic acids is 4. The molecule has 0 spiro atoms. The van der Waals surface area contributed by atoms with E-state index in [0.29, 0.717) is 12.2 Å². The van der Waals surface area contributed by atoms with E-state index in [4.69, 9.17) is 0 Å². The Hall–Kier alpha value is -3.44. The molecule has 12 heteroatoms. The van der Waals surface area contributed by atoms with Crippen molar-refractivity contribution in [1.29, 1.82) is 0 Å². The van der Waals surface area contributed by atoms with E-state index in [1.54, 1.807) is 0 Å². The van der Waals surface area contributed by atoms with Crippen LogP contribution < -0.4 is 20.4 Å². The van der Waals surface area contributed by atoms with E-state index in [0.717, 1.165) is 0 Å². The molecule has 0 fully saturated rings. The van der Waals surface area contributed by atoms with Gasteiger partial charge in [-0.3, -0.25) is 9.59 Å². The molecule has 12 nitrogen and oxygen atoms in total.